The summed E-state index contributed by atoms with van der Waals surface area (Å²) in [5.74, 6) is -1.08. The van der Waals surface area contributed by atoms with Gasteiger partial charge in [0.1, 0.15) is 11.6 Å². The number of hydrogen-bond acceptors (Lipinski definition) is 2. The van der Waals surface area contributed by atoms with Crippen LogP contribution in [0.5, 0.6) is 0 Å². The second-order valence-electron chi connectivity index (χ2n) is 4.86. The summed E-state index contributed by atoms with van der Waals surface area (Å²) < 4.78 is 26.4. The predicted molar refractivity (Wildman–Crippen MR) is 78.9 cm³/mol. The fraction of sp³-hybridized carbons (Fsp3) is 0.250. The molecule has 0 aliphatic carbocycles. The van der Waals surface area contributed by atoms with Crippen LogP contribution in [0, 0.1) is 11.6 Å². The van der Waals surface area contributed by atoms with Gasteiger partial charge in [-0.1, -0.05) is 37.7 Å². The number of halogens is 2. The molecule has 0 atom stereocenters. The summed E-state index contributed by atoms with van der Waals surface area (Å²) >= 11 is 1.29. The van der Waals surface area contributed by atoms with Crippen LogP contribution in [0.3, 0.4) is 0 Å². The van der Waals surface area contributed by atoms with Crippen molar-refractivity contribution in [1.29, 1.82) is 0 Å². The second kappa shape index (κ2) is 6.86. The van der Waals surface area contributed by atoms with Gasteiger partial charge in [-0.2, -0.15) is 0 Å². The molecule has 0 spiro atoms. The number of nitrogens with one attached hydrogen (secondary N) is 1. The Bertz CT molecular complexity index is 567. The van der Waals surface area contributed by atoms with Crippen LogP contribution in [-0.4, -0.2) is 6.04 Å². The molecule has 2 rings (SSSR count). The fourth-order valence-electron chi connectivity index (χ4n) is 1.68. The Labute approximate surface area is 122 Å². The smallest absolute Gasteiger partial charge is 0.140 e. The molecule has 20 heavy (non-hydrogen) atoms. The van der Waals surface area contributed by atoms with Gasteiger partial charge in [-0.3, -0.25) is 0 Å². The Balaban J connectivity index is 2.03. The van der Waals surface area contributed by atoms with Gasteiger partial charge in [-0.25, -0.2) is 8.78 Å². The SMILES string of the molecule is CC(C)NCc1ccc(Sc2ccc(F)cc2F)cc1. The highest BCUT2D eigenvalue weighted by Gasteiger charge is 2.05. The van der Waals surface area contributed by atoms with Crippen molar-refractivity contribution in [3.05, 3.63) is 59.7 Å². The average Bonchev–Trinajstić information content (AvgIpc) is 2.41. The van der Waals surface area contributed by atoms with Crippen molar-refractivity contribution in [3.63, 3.8) is 0 Å². The highest BCUT2D eigenvalue weighted by molar-refractivity contribution is 7.99. The van der Waals surface area contributed by atoms with Crippen LogP contribution in [0.4, 0.5) is 8.78 Å². The van der Waals surface area contributed by atoms with Crippen molar-refractivity contribution in [2.24, 2.45) is 0 Å². The van der Waals surface area contributed by atoms with Crippen LogP contribution in [-0.2, 0) is 6.54 Å². The maximum absolute atomic E-state index is 13.6. The average molecular weight is 293 g/mol. The fourth-order valence-corrected chi connectivity index (χ4v) is 2.50. The van der Waals surface area contributed by atoms with Gasteiger partial charge in [0.2, 0.25) is 0 Å². The standard InChI is InChI=1S/C16H17F2NS/c1-11(2)19-10-12-3-6-14(7-4-12)20-16-8-5-13(17)9-15(16)18/h3-9,11,19H,10H2,1-2H3. The Morgan fingerprint density at radius 3 is 2.35 bits per heavy atom. The first kappa shape index (κ1) is 15.0. The zero-order chi connectivity index (χ0) is 14.5. The zero-order valence-corrected chi connectivity index (χ0v) is 12.3. The third-order valence-corrected chi connectivity index (χ3v) is 3.82. The molecule has 0 unspecified atom stereocenters. The predicted octanol–water partition coefficient (Wildman–Crippen LogP) is 4.61. The minimum Gasteiger partial charge on any atom is -0.310 e. The van der Waals surface area contributed by atoms with Crippen molar-refractivity contribution in [2.45, 2.75) is 36.2 Å². The van der Waals surface area contributed by atoms with Crippen LogP contribution in [0.15, 0.2) is 52.3 Å². The summed E-state index contributed by atoms with van der Waals surface area (Å²) in [5.41, 5.74) is 1.18. The van der Waals surface area contributed by atoms with Crippen molar-refractivity contribution in [3.8, 4) is 0 Å². The second-order valence-corrected chi connectivity index (χ2v) is 5.97. The monoisotopic (exact) mass is 293 g/mol. The maximum atomic E-state index is 13.6. The molecular formula is C16H17F2NS. The van der Waals surface area contributed by atoms with Gasteiger partial charge >= 0.3 is 0 Å². The summed E-state index contributed by atoms with van der Waals surface area (Å²) in [7, 11) is 0. The first-order valence-electron chi connectivity index (χ1n) is 6.50. The summed E-state index contributed by atoms with van der Waals surface area (Å²) in [5, 5.41) is 3.34. The lowest BCUT2D eigenvalue weighted by atomic mass is 10.2. The zero-order valence-electron chi connectivity index (χ0n) is 11.5. The Hall–Kier alpha value is -1.39. The first-order chi connectivity index (χ1) is 9.54. The van der Waals surface area contributed by atoms with Gasteiger partial charge in [0, 0.05) is 28.4 Å². The van der Waals surface area contributed by atoms with Crippen molar-refractivity contribution < 1.29 is 8.78 Å². The van der Waals surface area contributed by atoms with E-state index in [2.05, 4.69) is 19.2 Å². The van der Waals surface area contributed by atoms with Gasteiger partial charge in [0.25, 0.3) is 0 Å². The lowest BCUT2D eigenvalue weighted by Crippen LogP contribution is -2.21. The van der Waals surface area contributed by atoms with E-state index in [-0.39, 0.29) is 0 Å². The quantitative estimate of drug-likeness (QED) is 0.863. The highest BCUT2D eigenvalue weighted by atomic mass is 32.2. The molecule has 0 saturated carbocycles. The molecule has 2 aromatic carbocycles. The van der Waals surface area contributed by atoms with Crippen LogP contribution in [0.2, 0.25) is 0 Å². The number of hydrogen-bond donors (Lipinski definition) is 1. The Morgan fingerprint density at radius 2 is 1.75 bits per heavy atom. The Kier molecular flexibility index (Phi) is 5.15. The molecular weight excluding hydrogens is 276 g/mol. The number of benzene rings is 2. The van der Waals surface area contributed by atoms with Gasteiger partial charge in [-0.05, 0) is 29.8 Å². The van der Waals surface area contributed by atoms with E-state index in [1.165, 1.54) is 29.5 Å². The first-order valence-corrected chi connectivity index (χ1v) is 7.31. The molecule has 4 heteroatoms. The van der Waals surface area contributed by atoms with Crippen LogP contribution >= 0.6 is 11.8 Å². The summed E-state index contributed by atoms with van der Waals surface area (Å²) in [6, 6.07) is 12.0. The molecule has 0 amide bonds. The van der Waals surface area contributed by atoms with Crippen molar-refractivity contribution in [1.82, 2.24) is 5.32 Å². The summed E-state index contributed by atoms with van der Waals surface area (Å²) in [4.78, 5) is 1.36. The van der Waals surface area contributed by atoms with Gasteiger partial charge < -0.3 is 5.32 Å². The van der Waals surface area contributed by atoms with E-state index >= 15 is 0 Å². The molecule has 0 radical (unpaired) electrons. The van der Waals surface area contributed by atoms with E-state index in [0.717, 1.165) is 17.5 Å². The van der Waals surface area contributed by atoms with E-state index in [0.29, 0.717) is 10.9 Å². The van der Waals surface area contributed by atoms with Crippen LogP contribution in [0.1, 0.15) is 19.4 Å². The highest BCUT2D eigenvalue weighted by Crippen LogP contribution is 2.30. The van der Waals surface area contributed by atoms with Crippen LogP contribution < -0.4 is 5.32 Å². The third-order valence-electron chi connectivity index (χ3n) is 2.76. The van der Waals surface area contributed by atoms with Gasteiger partial charge in [0.15, 0.2) is 0 Å². The maximum Gasteiger partial charge on any atom is 0.140 e. The molecule has 1 N–H and O–H groups in total. The molecule has 0 aliphatic heterocycles. The molecule has 0 saturated heterocycles. The van der Waals surface area contributed by atoms with Gasteiger partial charge in [-0.15, -0.1) is 0 Å². The number of rotatable bonds is 5. The minimum absolute atomic E-state index is 0.430. The normalized spacial score (nSPS) is 11.1. The largest absolute Gasteiger partial charge is 0.310 e. The van der Waals surface area contributed by atoms with E-state index in [4.69, 9.17) is 0 Å². The molecule has 106 valence electrons. The molecule has 0 aliphatic rings. The minimum atomic E-state index is -0.554. The van der Waals surface area contributed by atoms with Crippen molar-refractivity contribution >= 4 is 11.8 Å². The molecule has 0 heterocycles. The topological polar surface area (TPSA) is 12.0 Å². The molecule has 0 bridgehead atoms. The van der Waals surface area contributed by atoms with E-state index < -0.39 is 11.6 Å². The summed E-state index contributed by atoms with van der Waals surface area (Å²) in [6.07, 6.45) is 0. The van der Waals surface area contributed by atoms with Gasteiger partial charge in [0.05, 0.1) is 0 Å². The lowest BCUT2D eigenvalue weighted by molar-refractivity contribution is 0.565. The van der Waals surface area contributed by atoms with E-state index in [1.54, 1.807) is 0 Å². The molecule has 1 nitrogen and oxygen atoms in total. The third kappa shape index (κ3) is 4.32. The van der Waals surface area contributed by atoms with Crippen molar-refractivity contribution in [2.75, 3.05) is 0 Å². The Morgan fingerprint density at radius 1 is 1.05 bits per heavy atom. The summed E-state index contributed by atoms with van der Waals surface area (Å²) in [6.45, 7) is 5.01. The van der Waals surface area contributed by atoms with E-state index in [9.17, 15) is 8.78 Å². The van der Waals surface area contributed by atoms with Crippen LogP contribution in [0.25, 0.3) is 0 Å². The van der Waals surface area contributed by atoms with E-state index in [1.807, 2.05) is 24.3 Å². The molecule has 2 aromatic rings. The molecule has 0 aromatic heterocycles. The lowest BCUT2D eigenvalue weighted by Gasteiger charge is -2.09. The molecule has 0 fully saturated rings.